The van der Waals surface area contributed by atoms with Gasteiger partial charge in [-0.25, -0.2) is 0 Å². The average molecular weight is 158 g/mol. The van der Waals surface area contributed by atoms with Gasteiger partial charge in [0.25, 0.3) is 0 Å². The van der Waals surface area contributed by atoms with Gasteiger partial charge in [0.2, 0.25) is 0 Å². The summed E-state index contributed by atoms with van der Waals surface area (Å²) in [6, 6.07) is 0. The molecule has 66 valence electrons. The monoisotopic (exact) mass is 158 g/mol. The van der Waals surface area contributed by atoms with Crippen molar-refractivity contribution in [2.24, 2.45) is 5.41 Å². The summed E-state index contributed by atoms with van der Waals surface area (Å²) in [7, 11) is 0. The molecule has 0 aromatic heterocycles. The van der Waals surface area contributed by atoms with Crippen LogP contribution in [0.4, 0.5) is 0 Å². The van der Waals surface area contributed by atoms with E-state index in [2.05, 4.69) is 13.8 Å². The lowest BCUT2D eigenvalue weighted by Gasteiger charge is -2.39. The Balaban J connectivity index is 2.48. The van der Waals surface area contributed by atoms with E-state index in [9.17, 15) is 5.11 Å². The first kappa shape index (κ1) is 9.01. The summed E-state index contributed by atoms with van der Waals surface area (Å²) in [5.41, 5.74) is -0.406. The third-order valence-corrected chi connectivity index (χ3v) is 2.83. The molecule has 11 heavy (non-hydrogen) atoms. The Morgan fingerprint density at radius 2 is 1.55 bits per heavy atom. The summed E-state index contributed by atoms with van der Waals surface area (Å²) in [6.07, 6.45) is 3.53. The first-order chi connectivity index (χ1) is 4.97. The molecule has 0 amide bonds. The van der Waals surface area contributed by atoms with E-state index in [0.29, 0.717) is 5.41 Å². The van der Waals surface area contributed by atoms with Crippen molar-refractivity contribution in [3.63, 3.8) is 0 Å². The van der Waals surface area contributed by atoms with Crippen LogP contribution in [0.1, 0.15) is 39.5 Å². The second-order valence-corrected chi connectivity index (χ2v) is 4.55. The molecule has 1 rings (SSSR count). The highest BCUT2D eigenvalue weighted by molar-refractivity contribution is 4.88. The van der Waals surface area contributed by atoms with Crippen LogP contribution in [0.25, 0.3) is 0 Å². The van der Waals surface area contributed by atoms with Gasteiger partial charge in [-0.2, -0.15) is 0 Å². The number of aliphatic hydroxyl groups is 2. The summed E-state index contributed by atoms with van der Waals surface area (Å²) >= 11 is 0. The van der Waals surface area contributed by atoms with E-state index in [1.54, 1.807) is 0 Å². The first-order valence-electron chi connectivity index (χ1n) is 4.31. The van der Waals surface area contributed by atoms with E-state index in [4.69, 9.17) is 5.11 Å². The SMILES string of the molecule is CC1(C)CCC(O)(CO)CC1. The van der Waals surface area contributed by atoms with Crippen LogP contribution in [0.2, 0.25) is 0 Å². The van der Waals surface area contributed by atoms with Crippen LogP contribution >= 0.6 is 0 Å². The largest absolute Gasteiger partial charge is 0.393 e. The smallest absolute Gasteiger partial charge is 0.0877 e. The summed E-state index contributed by atoms with van der Waals surface area (Å²) in [4.78, 5) is 0. The zero-order valence-corrected chi connectivity index (χ0v) is 7.43. The molecule has 0 aliphatic heterocycles. The van der Waals surface area contributed by atoms with Gasteiger partial charge in [-0.1, -0.05) is 13.8 Å². The maximum atomic E-state index is 9.66. The third-order valence-electron chi connectivity index (χ3n) is 2.83. The lowest BCUT2D eigenvalue weighted by molar-refractivity contribution is -0.0634. The number of aliphatic hydroxyl groups excluding tert-OH is 1. The molecule has 0 aromatic carbocycles. The van der Waals surface area contributed by atoms with Crippen LogP contribution in [0.3, 0.4) is 0 Å². The molecule has 0 saturated heterocycles. The zero-order valence-electron chi connectivity index (χ0n) is 7.43. The topological polar surface area (TPSA) is 40.5 Å². The van der Waals surface area contributed by atoms with Crippen LogP contribution in [0.15, 0.2) is 0 Å². The minimum atomic E-state index is -0.768. The minimum Gasteiger partial charge on any atom is -0.393 e. The fourth-order valence-corrected chi connectivity index (χ4v) is 1.55. The maximum Gasteiger partial charge on any atom is 0.0877 e. The van der Waals surface area contributed by atoms with Gasteiger partial charge in [-0.15, -0.1) is 0 Å². The maximum absolute atomic E-state index is 9.66. The predicted molar refractivity (Wildman–Crippen MR) is 44.3 cm³/mol. The highest BCUT2D eigenvalue weighted by Gasteiger charge is 2.35. The standard InChI is InChI=1S/C9H18O2/c1-8(2)3-5-9(11,7-10)6-4-8/h10-11H,3-7H2,1-2H3. The minimum absolute atomic E-state index is 0.0803. The second-order valence-electron chi connectivity index (χ2n) is 4.55. The summed E-state index contributed by atoms with van der Waals surface area (Å²) in [6.45, 7) is 4.34. The molecule has 1 fully saturated rings. The van der Waals surface area contributed by atoms with Gasteiger partial charge in [0.05, 0.1) is 12.2 Å². The highest BCUT2D eigenvalue weighted by atomic mass is 16.3. The van der Waals surface area contributed by atoms with E-state index in [0.717, 1.165) is 25.7 Å². The first-order valence-corrected chi connectivity index (χ1v) is 4.31. The van der Waals surface area contributed by atoms with Crippen molar-refractivity contribution < 1.29 is 10.2 Å². The highest BCUT2D eigenvalue weighted by Crippen LogP contribution is 2.39. The van der Waals surface area contributed by atoms with Crippen LogP contribution in [-0.4, -0.2) is 22.4 Å². The molecule has 0 aromatic rings. The molecule has 1 aliphatic rings. The van der Waals surface area contributed by atoms with Crippen molar-refractivity contribution >= 4 is 0 Å². The molecular weight excluding hydrogens is 140 g/mol. The fraction of sp³-hybridized carbons (Fsp3) is 1.00. The molecular formula is C9H18O2. The Labute approximate surface area is 68.2 Å². The number of hydrogen-bond donors (Lipinski definition) is 2. The molecule has 2 N–H and O–H groups in total. The molecule has 0 radical (unpaired) electrons. The van der Waals surface area contributed by atoms with E-state index in [1.807, 2.05) is 0 Å². The molecule has 0 unspecified atom stereocenters. The van der Waals surface area contributed by atoms with Crippen LogP contribution in [0, 0.1) is 5.41 Å². The Morgan fingerprint density at radius 3 is 1.91 bits per heavy atom. The molecule has 0 atom stereocenters. The van der Waals surface area contributed by atoms with Crippen molar-refractivity contribution in [2.75, 3.05) is 6.61 Å². The van der Waals surface area contributed by atoms with Gasteiger partial charge in [-0.05, 0) is 31.1 Å². The van der Waals surface area contributed by atoms with E-state index >= 15 is 0 Å². The Bertz CT molecular complexity index is 130. The predicted octanol–water partition coefficient (Wildman–Crippen LogP) is 1.31. The third kappa shape index (κ3) is 2.17. The van der Waals surface area contributed by atoms with Crippen molar-refractivity contribution in [1.29, 1.82) is 0 Å². The van der Waals surface area contributed by atoms with Crippen molar-refractivity contribution in [3.8, 4) is 0 Å². The van der Waals surface area contributed by atoms with Gasteiger partial charge in [0.1, 0.15) is 0 Å². The van der Waals surface area contributed by atoms with Crippen molar-refractivity contribution in [1.82, 2.24) is 0 Å². The van der Waals surface area contributed by atoms with E-state index < -0.39 is 5.60 Å². The number of hydrogen-bond acceptors (Lipinski definition) is 2. The molecule has 0 heterocycles. The Morgan fingerprint density at radius 1 is 1.09 bits per heavy atom. The lowest BCUT2D eigenvalue weighted by Crippen LogP contribution is -2.39. The van der Waals surface area contributed by atoms with Gasteiger partial charge < -0.3 is 10.2 Å². The Hall–Kier alpha value is -0.0800. The van der Waals surface area contributed by atoms with Crippen LogP contribution in [-0.2, 0) is 0 Å². The normalized spacial score (nSPS) is 28.4. The van der Waals surface area contributed by atoms with E-state index in [-0.39, 0.29) is 6.61 Å². The quantitative estimate of drug-likeness (QED) is 0.604. The zero-order chi connectivity index (χ0) is 8.54. The fourth-order valence-electron chi connectivity index (χ4n) is 1.55. The van der Waals surface area contributed by atoms with Gasteiger partial charge in [0.15, 0.2) is 0 Å². The summed E-state index contributed by atoms with van der Waals surface area (Å²) in [5, 5.41) is 18.5. The van der Waals surface area contributed by atoms with Crippen LogP contribution in [0.5, 0.6) is 0 Å². The lowest BCUT2D eigenvalue weighted by atomic mass is 9.71. The molecule has 1 saturated carbocycles. The molecule has 2 nitrogen and oxygen atoms in total. The van der Waals surface area contributed by atoms with E-state index in [1.165, 1.54) is 0 Å². The Kier molecular flexibility index (Phi) is 2.26. The number of rotatable bonds is 1. The summed E-state index contributed by atoms with van der Waals surface area (Å²) < 4.78 is 0. The average Bonchev–Trinajstić information content (AvgIpc) is 1.97. The van der Waals surface area contributed by atoms with Crippen molar-refractivity contribution in [3.05, 3.63) is 0 Å². The van der Waals surface area contributed by atoms with Crippen LogP contribution < -0.4 is 0 Å². The molecule has 2 heteroatoms. The molecule has 1 aliphatic carbocycles. The van der Waals surface area contributed by atoms with Crippen molar-refractivity contribution in [2.45, 2.75) is 45.1 Å². The van der Waals surface area contributed by atoms with Gasteiger partial charge >= 0.3 is 0 Å². The van der Waals surface area contributed by atoms with Gasteiger partial charge in [0, 0.05) is 0 Å². The second kappa shape index (κ2) is 2.76. The molecule has 0 bridgehead atoms. The summed E-state index contributed by atoms with van der Waals surface area (Å²) in [5.74, 6) is 0. The van der Waals surface area contributed by atoms with Gasteiger partial charge in [-0.3, -0.25) is 0 Å². The molecule has 0 spiro atoms.